The molecule has 2 amide bonds. The molecule has 132 valence electrons. The Bertz CT molecular complexity index is 727. The van der Waals surface area contributed by atoms with Crippen LogP contribution in [0.4, 0.5) is 5.82 Å². The summed E-state index contributed by atoms with van der Waals surface area (Å²) in [6.07, 6.45) is 6.49. The number of rotatable bonds is 5. The number of nitrogens with zero attached hydrogens (tertiary/aromatic N) is 2. The van der Waals surface area contributed by atoms with Gasteiger partial charge < -0.3 is 14.7 Å². The fraction of sp³-hybridized carbons (Fsp3) is 0.389. The smallest absolute Gasteiger partial charge is 0.254 e. The van der Waals surface area contributed by atoms with Crippen LogP contribution in [-0.4, -0.2) is 34.5 Å². The topological polar surface area (TPSA) is 75.4 Å². The number of hydrogen-bond acceptors (Lipinski definition) is 4. The lowest BCUT2D eigenvalue weighted by Crippen LogP contribution is -2.45. The minimum absolute atomic E-state index is 0.0249. The monoisotopic (exact) mass is 361 g/mol. The predicted octanol–water partition coefficient (Wildman–Crippen LogP) is 3.74. The molecular weight excluding hydrogens is 342 g/mol. The lowest BCUT2D eigenvalue weighted by atomic mass is 9.93. The quantitative estimate of drug-likeness (QED) is 0.880. The summed E-state index contributed by atoms with van der Waals surface area (Å²) >= 11 is 6.01. The lowest BCUT2D eigenvalue weighted by molar-refractivity contribution is -0.117. The van der Waals surface area contributed by atoms with Crippen molar-refractivity contribution in [3.8, 4) is 0 Å². The Kier molecular flexibility index (Phi) is 5.71. The van der Waals surface area contributed by atoms with Crippen LogP contribution in [0, 0.1) is 0 Å². The van der Waals surface area contributed by atoms with E-state index in [9.17, 15) is 9.59 Å². The van der Waals surface area contributed by atoms with Crippen LogP contribution in [0.5, 0.6) is 0 Å². The number of anilines is 1. The molecule has 1 aromatic carbocycles. The number of amides is 2. The first kappa shape index (κ1) is 17.5. The summed E-state index contributed by atoms with van der Waals surface area (Å²) in [6, 6.07) is 8.43. The molecule has 0 saturated heterocycles. The van der Waals surface area contributed by atoms with Crippen molar-refractivity contribution < 1.29 is 14.1 Å². The molecule has 0 radical (unpaired) electrons. The van der Waals surface area contributed by atoms with Gasteiger partial charge in [-0.1, -0.05) is 42.1 Å². The van der Waals surface area contributed by atoms with Crippen LogP contribution in [0.2, 0.25) is 5.02 Å². The molecule has 1 saturated carbocycles. The Morgan fingerprint density at radius 2 is 2.04 bits per heavy atom. The van der Waals surface area contributed by atoms with Gasteiger partial charge in [-0.25, -0.2) is 0 Å². The molecule has 1 N–H and O–H groups in total. The maximum absolute atomic E-state index is 13.0. The minimum Gasteiger partial charge on any atom is -0.363 e. The maximum atomic E-state index is 13.0. The molecule has 0 atom stereocenters. The summed E-state index contributed by atoms with van der Waals surface area (Å²) in [7, 11) is 0. The standard InChI is InChI=1S/C18H20ClN3O3/c19-14-6-4-5-13(11-14)18(24)22(15-7-2-1-3-8-15)12-17(23)20-16-9-10-25-21-16/h4-6,9-11,15H,1-3,7-8,12H2,(H,20,21,23). The van der Waals surface area contributed by atoms with Crippen LogP contribution in [0.1, 0.15) is 42.5 Å². The summed E-state index contributed by atoms with van der Waals surface area (Å²) in [5.41, 5.74) is 0.493. The van der Waals surface area contributed by atoms with Crippen molar-refractivity contribution >= 4 is 29.2 Å². The van der Waals surface area contributed by atoms with Gasteiger partial charge in [-0.3, -0.25) is 9.59 Å². The number of nitrogens with one attached hydrogen (secondary N) is 1. The molecular formula is C18H20ClN3O3. The Balaban J connectivity index is 1.76. The van der Waals surface area contributed by atoms with Crippen LogP contribution < -0.4 is 5.32 Å². The van der Waals surface area contributed by atoms with Gasteiger partial charge in [0.05, 0.1) is 0 Å². The fourth-order valence-corrected chi connectivity index (χ4v) is 3.35. The van der Waals surface area contributed by atoms with Crippen molar-refractivity contribution in [3.63, 3.8) is 0 Å². The van der Waals surface area contributed by atoms with Gasteiger partial charge in [0.15, 0.2) is 5.82 Å². The molecule has 0 spiro atoms. The van der Waals surface area contributed by atoms with Crippen LogP contribution in [0.3, 0.4) is 0 Å². The third-order valence-corrected chi connectivity index (χ3v) is 4.60. The lowest BCUT2D eigenvalue weighted by Gasteiger charge is -2.34. The Morgan fingerprint density at radius 3 is 2.72 bits per heavy atom. The highest BCUT2D eigenvalue weighted by Gasteiger charge is 2.28. The summed E-state index contributed by atoms with van der Waals surface area (Å²) in [6.45, 7) is -0.0249. The van der Waals surface area contributed by atoms with Gasteiger partial charge in [0, 0.05) is 22.7 Å². The largest absolute Gasteiger partial charge is 0.363 e. The molecule has 1 aromatic heterocycles. The molecule has 0 unspecified atom stereocenters. The highest BCUT2D eigenvalue weighted by Crippen LogP contribution is 2.24. The first-order chi connectivity index (χ1) is 12.1. The van der Waals surface area contributed by atoms with Gasteiger partial charge in [-0.15, -0.1) is 0 Å². The number of carbonyl (C=O) groups excluding carboxylic acids is 2. The zero-order chi connectivity index (χ0) is 17.6. The van der Waals surface area contributed by atoms with E-state index < -0.39 is 0 Å². The Hall–Kier alpha value is -2.34. The first-order valence-electron chi connectivity index (χ1n) is 8.40. The van der Waals surface area contributed by atoms with E-state index in [1.807, 2.05) is 0 Å². The van der Waals surface area contributed by atoms with Gasteiger partial charge in [0.2, 0.25) is 5.91 Å². The summed E-state index contributed by atoms with van der Waals surface area (Å²) in [4.78, 5) is 27.0. The Labute approximate surface area is 151 Å². The zero-order valence-electron chi connectivity index (χ0n) is 13.8. The molecule has 1 heterocycles. The summed E-state index contributed by atoms with van der Waals surface area (Å²) in [5, 5.41) is 6.81. The summed E-state index contributed by atoms with van der Waals surface area (Å²) < 4.78 is 4.71. The second-order valence-corrected chi connectivity index (χ2v) is 6.60. The third-order valence-electron chi connectivity index (χ3n) is 4.37. The molecule has 1 aliphatic rings. The van der Waals surface area contributed by atoms with E-state index in [4.69, 9.17) is 16.1 Å². The SMILES string of the molecule is O=C(CN(C(=O)c1cccc(Cl)c1)C1CCCCC1)Nc1ccon1. The molecule has 7 heteroatoms. The van der Waals surface area contributed by atoms with E-state index in [1.165, 1.54) is 12.7 Å². The van der Waals surface area contributed by atoms with Crippen molar-refractivity contribution in [2.75, 3.05) is 11.9 Å². The molecule has 1 aliphatic carbocycles. The normalized spacial score (nSPS) is 14.9. The van der Waals surface area contributed by atoms with Crippen molar-refractivity contribution in [2.45, 2.75) is 38.1 Å². The third kappa shape index (κ3) is 4.60. The Morgan fingerprint density at radius 1 is 1.24 bits per heavy atom. The summed E-state index contributed by atoms with van der Waals surface area (Å²) in [5.74, 6) is -0.136. The number of carbonyl (C=O) groups is 2. The number of benzene rings is 1. The molecule has 1 fully saturated rings. The van der Waals surface area contributed by atoms with Crippen molar-refractivity contribution in [2.24, 2.45) is 0 Å². The highest BCUT2D eigenvalue weighted by atomic mass is 35.5. The molecule has 0 aliphatic heterocycles. The zero-order valence-corrected chi connectivity index (χ0v) is 14.5. The molecule has 6 nitrogen and oxygen atoms in total. The van der Waals surface area contributed by atoms with Gasteiger partial charge in [0.25, 0.3) is 5.91 Å². The van der Waals surface area contributed by atoms with E-state index in [0.29, 0.717) is 16.4 Å². The second kappa shape index (κ2) is 8.16. The first-order valence-corrected chi connectivity index (χ1v) is 8.78. The van der Waals surface area contributed by atoms with E-state index in [2.05, 4.69) is 10.5 Å². The van der Waals surface area contributed by atoms with Crippen LogP contribution >= 0.6 is 11.6 Å². The average molecular weight is 362 g/mol. The molecule has 2 aromatic rings. The van der Waals surface area contributed by atoms with Crippen LogP contribution in [0.15, 0.2) is 41.1 Å². The predicted molar refractivity (Wildman–Crippen MR) is 94.5 cm³/mol. The van der Waals surface area contributed by atoms with Gasteiger partial charge in [-0.05, 0) is 31.0 Å². The molecule has 25 heavy (non-hydrogen) atoms. The average Bonchev–Trinajstić information content (AvgIpc) is 3.13. The van der Waals surface area contributed by atoms with Crippen molar-refractivity contribution in [1.82, 2.24) is 10.1 Å². The van der Waals surface area contributed by atoms with Gasteiger partial charge in [0.1, 0.15) is 12.8 Å². The second-order valence-electron chi connectivity index (χ2n) is 6.17. The van der Waals surface area contributed by atoms with Crippen molar-refractivity contribution in [3.05, 3.63) is 47.2 Å². The van der Waals surface area contributed by atoms with E-state index in [0.717, 1.165) is 25.7 Å². The fourth-order valence-electron chi connectivity index (χ4n) is 3.16. The van der Waals surface area contributed by atoms with E-state index >= 15 is 0 Å². The van der Waals surface area contributed by atoms with E-state index in [1.54, 1.807) is 35.2 Å². The molecule has 0 bridgehead atoms. The maximum Gasteiger partial charge on any atom is 0.254 e. The number of hydrogen-bond donors (Lipinski definition) is 1. The highest BCUT2D eigenvalue weighted by molar-refractivity contribution is 6.31. The number of aromatic nitrogens is 1. The minimum atomic E-state index is -0.296. The molecule has 3 rings (SSSR count). The van der Waals surface area contributed by atoms with E-state index in [-0.39, 0.29) is 24.4 Å². The van der Waals surface area contributed by atoms with Gasteiger partial charge in [-0.2, -0.15) is 0 Å². The van der Waals surface area contributed by atoms with Crippen LogP contribution in [0.25, 0.3) is 0 Å². The van der Waals surface area contributed by atoms with Gasteiger partial charge >= 0.3 is 0 Å². The van der Waals surface area contributed by atoms with Crippen LogP contribution in [-0.2, 0) is 4.79 Å². The van der Waals surface area contributed by atoms with Crippen molar-refractivity contribution in [1.29, 1.82) is 0 Å². The number of halogens is 1.